The van der Waals surface area contributed by atoms with Crippen molar-refractivity contribution in [2.24, 2.45) is 11.7 Å². The summed E-state index contributed by atoms with van der Waals surface area (Å²) in [5.74, 6) is -0.126. The van der Waals surface area contributed by atoms with E-state index in [4.69, 9.17) is 5.73 Å². The molecule has 3 N–H and O–H groups in total. The summed E-state index contributed by atoms with van der Waals surface area (Å²) in [6.45, 7) is 1.78. The Bertz CT molecular complexity index is 1060. The van der Waals surface area contributed by atoms with Crippen LogP contribution in [0.5, 0.6) is 0 Å². The van der Waals surface area contributed by atoms with Crippen molar-refractivity contribution in [2.75, 3.05) is 29.9 Å². The highest BCUT2D eigenvalue weighted by Gasteiger charge is 2.32. The fraction of sp³-hybridized carbons (Fsp3) is 0.364. The van der Waals surface area contributed by atoms with Crippen LogP contribution in [0.15, 0.2) is 41.1 Å². The number of halogens is 3. The second-order valence-corrected chi connectivity index (χ2v) is 9.54. The van der Waals surface area contributed by atoms with Gasteiger partial charge in [-0.05, 0) is 61.4 Å². The Labute approximate surface area is 192 Å². The number of benzene rings is 1. The number of alkyl halides is 3. The SMILES string of the molecule is NCCC1CCCN(c2cc(C(F)(F)F)ccc2NC(=O)c2csc(-c3cccs3)n2)C1. The van der Waals surface area contributed by atoms with E-state index >= 15 is 0 Å². The standard InChI is InChI=1S/C22H23F3N4OS2/c23-22(24,25)15-5-6-16(18(11-15)29-9-1-3-14(12-29)7-8-26)27-20(30)17-13-32-21(28-17)19-4-2-10-31-19/h2,4-6,10-11,13-14H,1,3,7-9,12,26H2,(H,27,30). The summed E-state index contributed by atoms with van der Waals surface area (Å²) in [5.41, 5.74) is 5.92. The lowest BCUT2D eigenvalue weighted by Crippen LogP contribution is -2.37. The molecule has 1 fully saturated rings. The first-order valence-corrected chi connectivity index (χ1v) is 12.1. The molecule has 3 aromatic rings. The van der Waals surface area contributed by atoms with Gasteiger partial charge in [-0.15, -0.1) is 22.7 Å². The minimum Gasteiger partial charge on any atom is -0.370 e. The zero-order chi connectivity index (χ0) is 22.7. The van der Waals surface area contributed by atoms with Crippen LogP contribution < -0.4 is 16.0 Å². The lowest BCUT2D eigenvalue weighted by atomic mass is 9.94. The second-order valence-electron chi connectivity index (χ2n) is 7.73. The number of hydrogen-bond donors (Lipinski definition) is 2. The third kappa shape index (κ3) is 5.13. The number of aromatic nitrogens is 1. The first-order valence-electron chi connectivity index (χ1n) is 10.3. The quantitative estimate of drug-likeness (QED) is 0.474. The van der Waals surface area contributed by atoms with E-state index in [0.29, 0.717) is 36.9 Å². The highest BCUT2D eigenvalue weighted by molar-refractivity contribution is 7.20. The zero-order valence-electron chi connectivity index (χ0n) is 17.2. The third-order valence-electron chi connectivity index (χ3n) is 5.48. The summed E-state index contributed by atoms with van der Waals surface area (Å²) in [7, 11) is 0. The van der Waals surface area contributed by atoms with Gasteiger partial charge < -0.3 is 16.0 Å². The van der Waals surface area contributed by atoms with E-state index in [2.05, 4.69) is 10.3 Å². The first kappa shape index (κ1) is 22.8. The van der Waals surface area contributed by atoms with Crippen LogP contribution in [0.4, 0.5) is 24.5 Å². The molecule has 1 aliphatic heterocycles. The number of thiophene rings is 1. The topological polar surface area (TPSA) is 71.2 Å². The fourth-order valence-corrected chi connectivity index (χ4v) is 5.52. The van der Waals surface area contributed by atoms with Crippen molar-refractivity contribution in [3.05, 3.63) is 52.3 Å². The van der Waals surface area contributed by atoms with Crippen molar-refractivity contribution in [1.29, 1.82) is 0 Å². The van der Waals surface area contributed by atoms with Gasteiger partial charge >= 0.3 is 6.18 Å². The van der Waals surface area contributed by atoms with E-state index in [9.17, 15) is 18.0 Å². The summed E-state index contributed by atoms with van der Waals surface area (Å²) in [6.07, 6.45) is -1.78. The summed E-state index contributed by atoms with van der Waals surface area (Å²) >= 11 is 2.89. The number of hydrogen-bond acceptors (Lipinski definition) is 6. The van der Waals surface area contributed by atoms with Crippen LogP contribution in [0, 0.1) is 5.92 Å². The van der Waals surface area contributed by atoms with Gasteiger partial charge in [0.25, 0.3) is 5.91 Å². The number of carbonyl (C=O) groups excluding carboxylic acids is 1. The Morgan fingerprint density at radius 1 is 1.28 bits per heavy atom. The predicted molar refractivity (Wildman–Crippen MR) is 123 cm³/mol. The highest BCUT2D eigenvalue weighted by Crippen LogP contribution is 2.38. The van der Waals surface area contributed by atoms with Crippen molar-refractivity contribution in [2.45, 2.75) is 25.4 Å². The molecule has 1 aromatic carbocycles. The van der Waals surface area contributed by atoms with E-state index in [1.54, 1.807) is 5.38 Å². The molecule has 0 aliphatic carbocycles. The van der Waals surface area contributed by atoms with Crippen molar-refractivity contribution in [3.8, 4) is 9.88 Å². The summed E-state index contributed by atoms with van der Waals surface area (Å²) < 4.78 is 40.2. The maximum atomic E-state index is 13.4. The molecule has 0 bridgehead atoms. The van der Waals surface area contributed by atoms with E-state index < -0.39 is 17.6 Å². The molecule has 32 heavy (non-hydrogen) atoms. The van der Waals surface area contributed by atoms with Crippen molar-refractivity contribution >= 4 is 40.0 Å². The minimum atomic E-state index is -4.46. The molecule has 1 unspecified atom stereocenters. The van der Waals surface area contributed by atoms with Crippen LogP contribution in [0.1, 0.15) is 35.3 Å². The molecule has 4 rings (SSSR count). The molecule has 0 saturated carbocycles. The van der Waals surface area contributed by atoms with E-state index in [1.165, 1.54) is 28.7 Å². The number of amides is 1. The third-order valence-corrected chi connectivity index (χ3v) is 7.36. The Kier molecular flexibility index (Phi) is 6.82. The van der Waals surface area contributed by atoms with Crippen molar-refractivity contribution in [3.63, 3.8) is 0 Å². The number of carbonyl (C=O) groups is 1. The van der Waals surface area contributed by atoms with Gasteiger partial charge in [0.15, 0.2) is 0 Å². The van der Waals surface area contributed by atoms with Crippen LogP contribution in [-0.2, 0) is 6.18 Å². The second kappa shape index (κ2) is 9.60. The van der Waals surface area contributed by atoms with Crippen LogP contribution in [0.2, 0.25) is 0 Å². The molecular weight excluding hydrogens is 457 g/mol. The Morgan fingerprint density at radius 2 is 2.12 bits per heavy atom. The Morgan fingerprint density at radius 3 is 2.84 bits per heavy atom. The van der Waals surface area contributed by atoms with Gasteiger partial charge in [-0.3, -0.25) is 4.79 Å². The largest absolute Gasteiger partial charge is 0.416 e. The molecule has 3 heterocycles. The number of anilines is 2. The van der Waals surface area contributed by atoms with E-state index in [0.717, 1.165) is 41.3 Å². The summed E-state index contributed by atoms with van der Waals surface area (Å²) in [4.78, 5) is 20.1. The summed E-state index contributed by atoms with van der Waals surface area (Å²) in [5, 5.41) is 7.11. The molecule has 10 heteroatoms. The smallest absolute Gasteiger partial charge is 0.370 e. The van der Waals surface area contributed by atoms with Crippen molar-refractivity contribution < 1.29 is 18.0 Å². The molecular formula is C22H23F3N4OS2. The molecule has 170 valence electrons. The number of thiazole rings is 1. The molecule has 2 aromatic heterocycles. The maximum absolute atomic E-state index is 13.4. The summed E-state index contributed by atoms with van der Waals surface area (Å²) in [6, 6.07) is 7.28. The number of rotatable bonds is 6. The zero-order valence-corrected chi connectivity index (χ0v) is 18.8. The highest BCUT2D eigenvalue weighted by atomic mass is 32.1. The van der Waals surface area contributed by atoms with Gasteiger partial charge in [0.1, 0.15) is 10.7 Å². The average Bonchev–Trinajstić information content (AvgIpc) is 3.46. The molecule has 1 amide bonds. The number of nitrogens with one attached hydrogen (secondary N) is 1. The molecule has 1 saturated heterocycles. The lowest BCUT2D eigenvalue weighted by molar-refractivity contribution is -0.137. The number of nitrogens with two attached hydrogens (primary N) is 1. The van der Waals surface area contributed by atoms with Crippen molar-refractivity contribution in [1.82, 2.24) is 4.98 Å². The van der Waals surface area contributed by atoms with E-state index in [1.807, 2.05) is 22.4 Å². The van der Waals surface area contributed by atoms with Gasteiger partial charge in [-0.25, -0.2) is 4.98 Å². The molecule has 1 aliphatic rings. The first-order chi connectivity index (χ1) is 15.3. The molecule has 5 nitrogen and oxygen atoms in total. The fourth-order valence-electron chi connectivity index (χ4n) is 3.91. The molecule has 0 radical (unpaired) electrons. The van der Waals surface area contributed by atoms with Gasteiger partial charge in [0.05, 0.1) is 21.8 Å². The van der Waals surface area contributed by atoms with Gasteiger partial charge in [0.2, 0.25) is 0 Å². The predicted octanol–water partition coefficient (Wildman–Crippen LogP) is 5.71. The maximum Gasteiger partial charge on any atom is 0.416 e. The molecule has 1 atom stereocenters. The van der Waals surface area contributed by atoms with E-state index in [-0.39, 0.29) is 5.69 Å². The number of nitrogens with zero attached hydrogens (tertiary/aromatic N) is 2. The van der Waals surface area contributed by atoms with Crippen LogP contribution in [0.25, 0.3) is 9.88 Å². The van der Waals surface area contributed by atoms with Gasteiger partial charge in [0, 0.05) is 18.5 Å². The van der Waals surface area contributed by atoms with Crippen LogP contribution in [-0.4, -0.2) is 30.5 Å². The molecule has 0 spiro atoms. The Hall–Kier alpha value is -2.43. The van der Waals surface area contributed by atoms with Gasteiger partial charge in [-0.2, -0.15) is 13.2 Å². The Balaban J connectivity index is 1.60. The van der Waals surface area contributed by atoms with Gasteiger partial charge in [-0.1, -0.05) is 6.07 Å². The monoisotopic (exact) mass is 480 g/mol. The minimum absolute atomic E-state index is 0.240. The lowest BCUT2D eigenvalue weighted by Gasteiger charge is -2.35. The van der Waals surface area contributed by atoms with Crippen LogP contribution >= 0.6 is 22.7 Å². The van der Waals surface area contributed by atoms with Crippen LogP contribution in [0.3, 0.4) is 0 Å². The normalized spacial score (nSPS) is 16.9. The number of piperidine rings is 1. The average molecular weight is 481 g/mol.